The summed E-state index contributed by atoms with van der Waals surface area (Å²) in [6, 6.07) is 1.75. The molecular formula is C18H25ClN4O3. The van der Waals surface area contributed by atoms with Gasteiger partial charge in [-0.2, -0.15) is 0 Å². The van der Waals surface area contributed by atoms with Gasteiger partial charge in [0.1, 0.15) is 5.15 Å². The topological polar surface area (TPSA) is 83.6 Å². The minimum absolute atomic E-state index is 0.0217. The van der Waals surface area contributed by atoms with Crippen LogP contribution in [0.5, 0.6) is 0 Å². The molecule has 1 aromatic heterocycles. The Morgan fingerprint density at radius 2 is 2.04 bits per heavy atom. The van der Waals surface area contributed by atoms with Gasteiger partial charge in [-0.25, -0.2) is 4.98 Å². The second-order valence-corrected chi connectivity index (χ2v) is 7.80. The van der Waals surface area contributed by atoms with E-state index in [1.807, 2.05) is 18.7 Å². The molecule has 3 heterocycles. The molecule has 8 heteroatoms. The molecule has 0 aliphatic carbocycles. The van der Waals surface area contributed by atoms with Gasteiger partial charge in [0.2, 0.25) is 5.91 Å². The van der Waals surface area contributed by atoms with Crippen molar-refractivity contribution in [3.63, 3.8) is 0 Å². The minimum atomic E-state index is -0.341. The van der Waals surface area contributed by atoms with Gasteiger partial charge in [0.25, 0.3) is 5.91 Å². The van der Waals surface area contributed by atoms with Crippen LogP contribution >= 0.6 is 11.6 Å². The third-order valence-electron chi connectivity index (χ3n) is 4.95. The predicted molar refractivity (Wildman–Crippen MR) is 99.4 cm³/mol. The molecule has 2 aliphatic rings. The zero-order chi connectivity index (χ0) is 18.7. The number of halogens is 1. The summed E-state index contributed by atoms with van der Waals surface area (Å²) < 4.78 is 5.30. The molecule has 7 nitrogen and oxygen atoms in total. The summed E-state index contributed by atoms with van der Waals surface area (Å²) in [5.41, 5.74) is 1.27. The highest BCUT2D eigenvalue weighted by Crippen LogP contribution is 2.38. The summed E-state index contributed by atoms with van der Waals surface area (Å²) in [5, 5.41) is 6.18. The SMILES string of the molecule is CC(C)Nc1cc(Cl)ncc1C(=O)NCC(=O)N1CCC2(CC1)COC2. The highest BCUT2D eigenvalue weighted by molar-refractivity contribution is 6.29. The average Bonchev–Trinajstić information content (AvgIpc) is 2.57. The lowest BCUT2D eigenvalue weighted by Gasteiger charge is -2.47. The van der Waals surface area contributed by atoms with Crippen LogP contribution in [0.2, 0.25) is 5.15 Å². The second kappa shape index (κ2) is 7.80. The number of piperidine rings is 1. The number of carbonyl (C=O) groups is 2. The first-order chi connectivity index (χ1) is 12.4. The first kappa shape index (κ1) is 18.9. The Labute approximate surface area is 158 Å². The maximum absolute atomic E-state index is 12.5. The number of nitrogens with zero attached hydrogens (tertiary/aromatic N) is 2. The molecule has 1 aromatic rings. The number of likely N-dealkylation sites (tertiary alicyclic amines) is 1. The van der Waals surface area contributed by atoms with Crippen LogP contribution in [0, 0.1) is 5.41 Å². The summed E-state index contributed by atoms with van der Waals surface area (Å²) in [5.74, 6) is -0.403. The Hall–Kier alpha value is -1.86. The van der Waals surface area contributed by atoms with Gasteiger partial charge in [0.15, 0.2) is 0 Å². The predicted octanol–water partition coefficient (Wildman–Crippen LogP) is 1.92. The molecule has 26 heavy (non-hydrogen) atoms. The van der Waals surface area contributed by atoms with E-state index >= 15 is 0 Å². The molecule has 2 N–H and O–H groups in total. The number of ether oxygens (including phenoxy) is 1. The number of rotatable bonds is 5. The van der Waals surface area contributed by atoms with Gasteiger partial charge in [-0.15, -0.1) is 0 Å². The molecule has 0 saturated carbocycles. The smallest absolute Gasteiger partial charge is 0.255 e. The fourth-order valence-corrected chi connectivity index (χ4v) is 3.47. The van der Waals surface area contributed by atoms with Crippen molar-refractivity contribution in [2.75, 3.05) is 38.2 Å². The number of hydrogen-bond acceptors (Lipinski definition) is 5. The molecule has 0 unspecified atom stereocenters. The zero-order valence-corrected chi connectivity index (χ0v) is 15.9. The minimum Gasteiger partial charge on any atom is -0.382 e. The van der Waals surface area contributed by atoms with E-state index in [0.29, 0.717) is 16.4 Å². The van der Waals surface area contributed by atoms with Crippen LogP contribution in [0.4, 0.5) is 5.69 Å². The Balaban J connectivity index is 1.54. The normalized spacial score (nSPS) is 18.5. The van der Waals surface area contributed by atoms with Crippen LogP contribution in [0.3, 0.4) is 0 Å². The Bertz CT molecular complexity index is 681. The summed E-state index contributed by atoms with van der Waals surface area (Å²) in [4.78, 5) is 30.7. The van der Waals surface area contributed by atoms with Gasteiger partial charge >= 0.3 is 0 Å². The number of hydrogen-bond donors (Lipinski definition) is 2. The number of anilines is 1. The van der Waals surface area contributed by atoms with Crippen molar-refractivity contribution in [3.8, 4) is 0 Å². The maximum atomic E-state index is 12.5. The van der Waals surface area contributed by atoms with Crippen LogP contribution in [0.25, 0.3) is 0 Å². The molecule has 0 atom stereocenters. The maximum Gasteiger partial charge on any atom is 0.255 e. The van der Waals surface area contributed by atoms with E-state index in [4.69, 9.17) is 16.3 Å². The van der Waals surface area contributed by atoms with E-state index in [9.17, 15) is 9.59 Å². The van der Waals surface area contributed by atoms with E-state index in [1.165, 1.54) is 6.20 Å². The monoisotopic (exact) mass is 380 g/mol. The van der Waals surface area contributed by atoms with Gasteiger partial charge in [-0.3, -0.25) is 9.59 Å². The molecule has 2 fully saturated rings. The molecule has 2 amide bonds. The summed E-state index contributed by atoms with van der Waals surface area (Å²) in [6.45, 7) is 6.97. The zero-order valence-electron chi connectivity index (χ0n) is 15.2. The molecule has 2 saturated heterocycles. The molecule has 0 bridgehead atoms. The van der Waals surface area contributed by atoms with E-state index in [-0.39, 0.29) is 29.8 Å². The van der Waals surface area contributed by atoms with Gasteiger partial charge in [-0.1, -0.05) is 11.6 Å². The average molecular weight is 381 g/mol. The second-order valence-electron chi connectivity index (χ2n) is 7.41. The molecule has 2 aliphatic heterocycles. The molecule has 0 aromatic carbocycles. The third kappa shape index (κ3) is 4.27. The molecule has 0 radical (unpaired) electrons. The van der Waals surface area contributed by atoms with Crippen LogP contribution in [0.1, 0.15) is 37.0 Å². The van der Waals surface area contributed by atoms with E-state index < -0.39 is 0 Å². The van der Waals surface area contributed by atoms with Crippen molar-refractivity contribution in [3.05, 3.63) is 23.0 Å². The van der Waals surface area contributed by atoms with Crippen molar-refractivity contribution in [1.82, 2.24) is 15.2 Å². The van der Waals surface area contributed by atoms with Crippen LogP contribution in [-0.4, -0.2) is 60.6 Å². The number of amides is 2. The first-order valence-corrected chi connectivity index (χ1v) is 9.32. The highest BCUT2D eigenvalue weighted by Gasteiger charge is 2.41. The van der Waals surface area contributed by atoms with Gasteiger partial charge < -0.3 is 20.3 Å². The lowest BCUT2D eigenvalue weighted by Crippen LogP contribution is -2.53. The lowest BCUT2D eigenvalue weighted by molar-refractivity contribution is -0.152. The molecular weight excluding hydrogens is 356 g/mol. The molecule has 142 valence electrons. The van der Waals surface area contributed by atoms with Crippen LogP contribution < -0.4 is 10.6 Å². The van der Waals surface area contributed by atoms with Crippen LogP contribution in [-0.2, 0) is 9.53 Å². The third-order valence-corrected chi connectivity index (χ3v) is 5.16. The van der Waals surface area contributed by atoms with E-state index in [2.05, 4.69) is 15.6 Å². The summed E-state index contributed by atoms with van der Waals surface area (Å²) >= 11 is 5.92. The Morgan fingerprint density at radius 3 is 2.62 bits per heavy atom. The van der Waals surface area contributed by atoms with Gasteiger partial charge in [0, 0.05) is 30.7 Å². The van der Waals surface area contributed by atoms with Crippen molar-refractivity contribution < 1.29 is 14.3 Å². The quantitative estimate of drug-likeness (QED) is 0.762. The highest BCUT2D eigenvalue weighted by atomic mass is 35.5. The number of pyridine rings is 1. The first-order valence-electron chi connectivity index (χ1n) is 8.94. The van der Waals surface area contributed by atoms with Crippen molar-refractivity contribution in [1.29, 1.82) is 0 Å². The molecule has 3 rings (SSSR count). The molecule has 1 spiro atoms. The number of nitrogens with one attached hydrogen (secondary N) is 2. The van der Waals surface area contributed by atoms with Crippen molar-refractivity contribution >= 4 is 29.1 Å². The Morgan fingerprint density at radius 1 is 1.35 bits per heavy atom. The van der Waals surface area contributed by atoms with E-state index in [0.717, 1.165) is 39.1 Å². The van der Waals surface area contributed by atoms with Gasteiger partial charge in [0.05, 0.1) is 31.0 Å². The fourth-order valence-electron chi connectivity index (χ4n) is 3.31. The van der Waals surface area contributed by atoms with E-state index in [1.54, 1.807) is 6.07 Å². The lowest BCUT2D eigenvalue weighted by atomic mass is 9.77. The van der Waals surface area contributed by atoms with Crippen molar-refractivity contribution in [2.24, 2.45) is 5.41 Å². The number of aromatic nitrogens is 1. The fraction of sp³-hybridized carbons (Fsp3) is 0.611. The Kier molecular flexibility index (Phi) is 5.67. The van der Waals surface area contributed by atoms with Gasteiger partial charge in [-0.05, 0) is 32.8 Å². The largest absolute Gasteiger partial charge is 0.382 e. The van der Waals surface area contributed by atoms with Crippen LogP contribution in [0.15, 0.2) is 12.3 Å². The summed E-state index contributed by atoms with van der Waals surface area (Å²) in [6.07, 6.45) is 3.36. The van der Waals surface area contributed by atoms with Crippen molar-refractivity contribution in [2.45, 2.75) is 32.7 Å². The summed E-state index contributed by atoms with van der Waals surface area (Å²) in [7, 11) is 0. The number of carbonyl (C=O) groups excluding carboxylic acids is 2. The standard InChI is InChI=1S/C18H25ClN4O3/c1-12(2)22-14-7-15(19)20-8-13(14)17(25)21-9-16(24)23-5-3-18(4-6-23)10-26-11-18/h7-8,12H,3-6,9-11H2,1-2H3,(H,20,22)(H,21,25).